The van der Waals surface area contributed by atoms with Crippen molar-refractivity contribution >= 4 is 5.97 Å². The summed E-state index contributed by atoms with van der Waals surface area (Å²) in [7, 11) is 0. The monoisotopic (exact) mass is 251 g/mol. The quantitative estimate of drug-likeness (QED) is 0.811. The van der Waals surface area contributed by atoms with Gasteiger partial charge in [0.05, 0.1) is 0 Å². The maximum atomic E-state index is 11.1. The van der Waals surface area contributed by atoms with E-state index >= 15 is 0 Å². The predicted molar refractivity (Wildman–Crippen MR) is 70.4 cm³/mol. The normalized spacial score (nSPS) is 51.4. The molecule has 4 aliphatic carbocycles. The van der Waals surface area contributed by atoms with Gasteiger partial charge in [-0.15, -0.1) is 0 Å². The van der Waals surface area contributed by atoms with E-state index < -0.39 is 12.0 Å². The molecule has 3 unspecified atom stereocenters. The van der Waals surface area contributed by atoms with Crippen molar-refractivity contribution in [2.24, 2.45) is 16.7 Å². The third-order valence-electron chi connectivity index (χ3n) is 5.52. The van der Waals surface area contributed by atoms with Crippen molar-refractivity contribution in [3.63, 3.8) is 0 Å². The van der Waals surface area contributed by atoms with Crippen molar-refractivity contribution in [2.75, 3.05) is 0 Å². The van der Waals surface area contributed by atoms with Gasteiger partial charge in [0.25, 0.3) is 0 Å². The Morgan fingerprint density at radius 3 is 2.17 bits per heavy atom. The van der Waals surface area contributed by atoms with Gasteiger partial charge in [-0.05, 0) is 62.2 Å². The van der Waals surface area contributed by atoms with Gasteiger partial charge in [-0.1, -0.05) is 13.8 Å². The first-order valence-electron chi connectivity index (χ1n) is 7.24. The molecule has 0 aliphatic heterocycles. The molecule has 0 saturated heterocycles. The van der Waals surface area contributed by atoms with Crippen LogP contribution in [0.25, 0.3) is 0 Å². The molecule has 3 heteroatoms. The number of hydrogen-bond donors (Lipinski definition) is 2. The van der Waals surface area contributed by atoms with Crippen molar-refractivity contribution in [1.29, 1.82) is 0 Å². The summed E-state index contributed by atoms with van der Waals surface area (Å²) in [6.07, 6.45) is 7.57. The molecule has 4 aliphatic rings. The van der Waals surface area contributed by atoms with Crippen LogP contribution in [-0.4, -0.2) is 22.7 Å². The second kappa shape index (κ2) is 3.50. The zero-order valence-electron chi connectivity index (χ0n) is 11.8. The molecule has 0 aromatic carbocycles. The van der Waals surface area contributed by atoms with Crippen LogP contribution in [0.4, 0.5) is 0 Å². The van der Waals surface area contributed by atoms with E-state index in [4.69, 9.17) is 5.11 Å². The average molecular weight is 251 g/mol. The van der Waals surface area contributed by atoms with Crippen LogP contribution in [0.5, 0.6) is 0 Å². The molecule has 0 radical (unpaired) electrons. The van der Waals surface area contributed by atoms with Gasteiger partial charge in [-0.2, -0.15) is 0 Å². The van der Waals surface area contributed by atoms with Crippen LogP contribution in [0.3, 0.4) is 0 Å². The number of carboxylic acid groups (broad SMARTS) is 1. The van der Waals surface area contributed by atoms with E-state index in [9.17, 15) is 4.79 Å². The van der Waals surface area contributed by atoms with Gasteiger partial charge in [0, 0.05) is 5.54 Å². The molecule has 4 rings (SSSR count). The Labute approximate surface area is 109 Å². The Bertz CT molecular complexity index is 374. The maximum Gasteiger partial charge on any atom is 0.320 e. The minimum absolute atomic E-state index is 0.0979. The molecule has 3 atom stereocenters. The van der Waals surface area contributed by atoms with Gasteiger partial charge in [-0.25, -0.2) is 0 Å². The molecule has 18 heavy (non-hydrogen) atoms. The minimum atomic E-state index is -0.721. The van der Waals surface area contributed by atoms with E-state index in [0.717, 1.165) is 5.92 Å². The molecule has 3 nitrogen and oxygen atoms in total. The fourth-order valence-electron chi connectivity index (χ4n) is 6.13. The van der Waals surface area contributed by atoms with Crippen LogP contribution in [-0.2, 0) is 4.79 Å². The van der Waals surface area contributed by atoms with E-state index in [0.29, 0.717) is 10.8 Å². The lowest BCUT2D eigenvalue weighted by atomic mass is 9.42. The molecule has 4 saturated carbocycles. The van der Waals surface area contributed by atoms with Gasteiger partial charge >= 0.3 is 5.97 Å². The average Bonchev–Trinajstić information content (AvgIpc) is 2.09. The van der Waals surface area contributed by atoms with E-state index in [1.165, 1.54) is 38.5 Å². The van der Waals surface area contributed by atoms with E-state index in [-0.39, 0.29) is 5.54 Å². The highest BCUT2D eigenvalue weighted by molar-refractivity contribution is 5.73. The second-order valence-electron chi connectivity index (χ2n) is 8.11. The number of aliphatic carboxylic acids is 1. The predicted octanol–water partition coefficient (Wildman–Crippen LogP) is 2.80. The summed E-state index contributed by atoms with van der Waals surface area (Å²) in [6.45, 7) is 6.61. The number of carbonyl (C=O) groups is 1. The molecular weight excluding hydrogens is 226 g/mol. The summed E-state index contributed by atoms with van der Waals surface area (Å²) in [5.74, 6) is 0.0887. The molecule has 0 aromatic rings. The first kappa shape index (κ1) is 12.5. The molecule has 102 valence electrons. The smallest absolute Gasteiger partial charge is 0.320 e. The number of nitrogens with one attached hydrogen (secondary N) is 1. The zero-order chi connectivity index (χ0) is 13.2. The summed E-state index contributed by atoms with van der Waals surface area (Å²) in [6, 6.07) is -0.423. The fourth-order valence-corrected chi connectivity index (χ4v) is 6.13. The van der Waals surface area contributed by atoms with Gasteiger partial charge in [-0.3, -0.25) is 10.1 Å². The third-order valence-corrected chi connectivity index (χ3v) is 5.52. The number of hydrogen-bond acceptors (Lipinski definition) is 2. The van der Waals surface area contributed by atoms with Crippen LogP contribution in [0.1, 0.15) is 59.3 Å². The van der Waals surface area contributed by atoms with Gasteiger partial charge in [0.15, 0.2) is 0 Å². The van der Waals surface area contributed by atoms with Crippen LogP contribution in [0.2, 0.25) is 0 Å². The van der Waals surface area contributed by atoms with Crippen molar-refractivity contribution < 1.29 is 9.90 Å². The Morgan fingerprint density at radius 1 is 1.17 bits per heavy atom. The van der Waals surface area contributed by atoms with Crippen molar-refractivity contribution in [3.05, 3.63) is 0 Å². The maximum absolute atomic E-state index is 11.1. The Balaban J connectivity index is 1.87. The van der Waals surface area contributed by atoms with E-state index in [2.05, 4.69) is 19.2 Å². The van der Waals surface area contributed by atoms with Gasteiger partial charge in [0.1, 0.15) is 6.04 Å². The van der Waals surface area contributed by atoms with Crippen LogP contribution in [0, 0.1) is 16.7 Å². The standard InChI is InChI=1S/C15H25NO2/c1-10(12(17)18)16-15-6-11-4-13(2,8-15)7-14(3,5-11)9-15/h10-11,16H,4-9H2,1-3H3,(H,17,18). The highest BCUT2D eigenvalue weighted by atomic mass is 16.4. The first-order valence-corrected chi connectivity index (χ1v) is 7.24. The lowest BCUT2D eigenvalue weighted by molar-refractivity contribution is -0.146. The highest BCUT2D eigenvalue weighted by Crippen LogP contribution is 2.66. The molecule has 0 heterocycles. The molecular formula is C15H25NO2. The zero-order valence-corrected chi connectivity index (χ0v) is 11.8. The SMILES string of the molecule is CC(NC12CC3CC(C)(CC(C)(C3)C1)C2)C(=O)O. The summed E-state index contributed by atoms with van der Waals surface area (Å²) in [4.78, 5) is 11.1. The van der Waals surface area contributed by atoms with E-state index in [1.807, 2.05) is 0 Å². The summed E-state index contributed by atoms with van der Waals surface area (Å²) in [5, 5.41) is 12.6. The van der Waals surface area contributed by atoms with E-state index in [1.54, 1.807) is 6.92 Å². The summed E-state index contributed by atoms with van der Waals surface area (Å²) >= 11 is 0. The van der Waals surface area contributed by atoms with Crippen LogP contribution >= 0.6 is 0 Å². The number of rotatable bonds is 3. The number of carboxylic acids is 1. The summed E-state index contributed by atoms with van der Waals surface area (Å²) < 4.78 is 0. The molecule has 0 aromatic heterocycles. The molecule has 0 spiro atoms. The summed E-state index contributed by atoms with van der Waals surface area (Å²) in [5.41, 5.74) is 0.986. The van der Waals surface area contributed by atoms with Gasteiger partial charge < -0.3 is 5.11 Å². The molecule has 4 bridgehead atoms. The first-order chi connectivity index (χ1) is 8.23. The fraction of sp³-hybridized carbons (Fsp3) is 0.933. The minimum Gasteiger partial charge on any atom is -0.480 e. The van der Waals surface area contributed by atoms with Gasteiger partial charge in [0.2, 0.25) is 0 Å². The molecule has 4 fully saturated rings. The second-order valence-corrected chi connectivity index (χ2v) is 8.11. The molecule has 2 N–H and O–H groups in total. The lowest BCUT2D eigenvalue weighted by Crippen LogP contribution is -2.66. The van der Waals surface area contributed by atoms with Crippen molar-refractivity contribution in [1.82, 2.24) is 5.32 Å². The van der Waals surface area contributed by atoms with Crippen LogP contribution in [0.15, 0.2) is 0 Å². The third kappa shape index (κ3) is 1.87. The lowest BCUT2D eigenvalue weighted by Gasteiger charge is -2.65. The topological polar surface area (TPSA) is 49.3 Å². The Morgan fingerprint density at radius 2 is 1.72 bits per heavy atom. The van der Waals surface area contributed by atoms with Crippen molar-refractivity contribution in [3.8, 4) is 0 Å². The molecule has 0 amide bonds. The van der Waals surface area contributed by atoms with Crippen molar-refractivity contribution in [2.45, 2.75) is 70.9 Å². The van der Waals surface area contributed by atoms with Crippen LogP contribution < -0.4 is 5.32 Å². The Hall–Kier alpha value is -0.570. The highest BCUT2D eigenvalue weighted by Gasteiger charge is 2.60. The Kier molecular flexibility index (Phi) is 2.42. The largest absolute Gasteiger partial charge is 0.480 e.